The first kappa shape index (κ1) is 25.6. The molecule has 13 heteroatoms. The number of nitrogens with one attached hydrogen (secondary N) is 3. The van der Waals surface area contributed by atoms with Gasteiger partial charge in [-0.15, -0.1) is 0 Å². The van der Waals surface area contributed by atoms with Crippen LogP contribution in [-0.2, 0) is 16.1 Å². The maximum atomic E-state index is 13.7. The van der Waals surface area contributed by atoms with Gasteiger partial charge in [-0.05, 0) is 61.6 Å². The maximum Gasteiger partial charge on any atom is 0.269 e. The van der Waals surface area contributed by atoms with Crippen molar-refractivity contribution >= 4 is 57.6 Å². The Morgan fingerprint density at radius 3 is 2.70 bits per heavy atom. The van der Waals surface area contributed by atoms with Crippen LogP contribution in [-0.4, -0.2) is 60.4 Å². The first-order valence-corrected chi connectivity index (χ1v) is 13.2. The predicted octanol–water partition coefficient (Wildman–Crippen LogP) is 2.78. The number of H-pyrrole nitrogens is 1. The van der Waals surface area contributed by atoms with Crippen LogP contribution < -0.4 is 16.4 Å². The first-order valence-electron chi connectivity index (χ1n) is 12.8. The SMILES string of the molecule is NC(=O)c1nn(CC(=O)N2[C@@H]3CC[C@@H](C3)[C@H]2C(=O)Nc2cccc(Cl)n2)c2ccc(NC(=O)c3cc[nH]c3)cc12. The lowest BCUT2D eigenvalue weighted by Gasteiger charge is -2.34. The molecule has 12 nitrogen and oxygen atoms in total. The number of carbonyl (C=O) groups excluding carboxylic acids is 4. The molecule has 0 spiro atoms. The van der Waals surface area contributed by atoms with Crippen molar-refractivity contribution in [3.8, 4) is 0 Å². The standard InChI is InChI=1S/C27H25ClN8O4/c28-20-2-1-3-21(32-20)33-27(40)24-14-4-6-17(10-14)36(24)22(37)13-35-19-7-5-16(11-18(19)23(34-35)25(29)38)31-26(39)15-8-9-30-12-15/h1-3,5,7-9,11-12,14,17,24,30H,4,6,10,13H2,(H2,29,38)(H,31,39)(H,32,33,40)/t14-,17+,24-/m0/s1. The average molecular weight is 561 g/mol. The minimum Gasteiger partial charge on any atom is -0.367 e. The van der Waals surface area contributed by atoms with Crippen molar-refractivity contribution in [1.29, 1.82) is 0 Å². The molecule has 0 unspecified atom stereocenters. The molecule has 1 aromatic carbocycles. The summed E-state index contributed by atoms with van der Waals surface area (Å²) in [6.45, 7) is -0.193. The van der Waals surface area contributed by atoms with E-state index in [4.69, 9.17) is 17.3 Å². The van der Waals surface area contributed by atoms with E-state index in [-0.39, 0.29) is 47.1 Å². The van der Waals surface area contributed by atoms with E-state index in [1.54, 1.807) is 59.8 Å². The molecule has 3 atom stereocenters. The van der Waals surface area contributed by atoms with E-state index in [1.807, 2.05) is 0 Å². The molecule has 1 saturated heterocycles. The Morgan fingerprint density at radius 2 is 1.95 bits per heavy atom. The monoisotopic (exact) mass is 560 g/mol. The lowest BCUT2D eigenvalue weighted by Crippen LogP contribution is -2.52. The molecule has 2 aliphatic rings. The number of fused-ring (bicyclic) bond motifs is 3. The van der Waals surface area contributed by atoms with Crippen molar-refractivity contribution in [2.45, 2.75) is 37.9 Å². The third-order valence-electron chi connectivity index (χ3n) is 7.49. The number of aromatic amines is 1. The van der Waals surface area contributed by atoms with Gasteiger partial charge in [0.05, 0.1) is 11.1 Å². The van der Waals surface area contributed by atoms with E-state index in [9.17, 15) is 19.2 Å². The molecule has 204 valence electrons. The summed E-state index contributed by atoms with van der Waals surface area (Å²) in [5.74, 6) is -1.36. The summed E-state index contributed by atoms with van der Waals surface area (Å²) in [7, 11) is 0. The number of amides is 4. The molecule has 2 bridgehead atoms. The Morgan fingerprint density at radius 1 is 1.10 bits per heavy atom. The number of hydrogen-bond acceptors (Lipinski definition) is 6. The number of hydrogen-bond donors (Lipinski definition) is 4. The van der Waals surface area contributed by atoms with Crippen LogP contribution in [0.2, 0.25) is 5.15 Å². The van der Waals surface area contributed by atoms with Gasteiger partial charge in [0.1, 0.15) is 23.6 Å². The fourth-order valence-electron chi connectivity index (χ4n) is 5.80. The predicted molar refractivity (Wildman–Crippen MR) is 147 cm³/mol. The number of anilines is 2. The number of halogens is 1. The quantitative estimate of drug-likeness (QED) is 0.253. The molecule has 40 heavy (non-hydrogen) atoms. The van der Waals surface area contributed by atoms with Crippen LogP contribution in [0.1, 0.15) is 40.1 Å². The number of aromatic nitrogens is 4. The van der Waals surface area contributed by atoms with Gasteiger partial charge < -0.3 is 26.3 Å². The largest absolute Gasteiger partial charge is 0.367 e. The number of carbonyl (C=O) groups is 4. The first-order chi connectivity index (χ1) is 19.3. The van der Waals surface area contributed by atoms with Crippen molar-refractivity contribution < 1.29 is 19.2 Å². The Hall–Kier alpha value is -4.71. The van der Waals surface area contributed by atoms with Crippen molar-refractivity contribution in [1.82, 2.24) is 24.6 Å². The summed E-state index contributed by atoms with van der Waals surface area (Å²) in [4.78, 5) is 60.2. The van der Waals surface area contributed by atoms with E-state index in [0.717, 1.165) is 19.3 Å². The van der Waals surface area contributed by atoms with Crippen LogP contribution in [0, 0.1) is 5.92 Å². The summed E-state index contributed by atoms with van der Waals surface area (Å²) in [5.41, 5.74) is 6.96. The second kappa shape index (κ2) is 10.1. The highest BCUT2D eigenvalue weighted by atomic mass is 35.5. The van der Waals surface area contributed by atoms with Crippen LogP contribution in [0.25, 0.3) is 10.9 Å². The zero-order valence-electron chi connectivity index (χ0n) is 21.1. The number of benzene rings is 1. The minimum absolute atomic E-state index is 0.0233. The van der Waals surface area contributed by atoms with Gasteiger partial charge in [0.25, 0.3) is 11.8 Å². The molecule has 4 aromatic rings. The lowest BCUT2D eigenvalue weighted by molar-refractivity contribution is -0.141. The molecule has 4 heterocycles. The van der Waals surface area contributed by atoms with Gasteiger partial charge >= 0.3 is 0 Å². The van der Waals surface area contributed by atoms with Gasteiger partial charge in [-0.1, -0.05) is 17.7 Å². The van der Waals surface area contributed by atoms with E-state index in [0.29, 0.717) is 28.0 Å². The van der Waals surface area contributed by atoms with Gasteiger partial charge in [0, 0.05) is 29.5 Å². The third-order valence-corrected chi connectivity index (χ3v) is 7.71. The van der Waals surface area contributed by atoms with Crippen LogP contribution in [0.4, 0.5) is 11.5 Å². The van der Waals surface area contributed by atoms with Crippen molar-refractivity contribution in [2.75, 3.05) is 10.6 Å². The summed E-state index contributed by atoms with van der Waals surface area (Å²) in [5, 5.41) is 10.5. The smallest absolute Gasteiger partial charge is 0.269 e. The summed E-state index contributed by atoms with van der Waals surface area (Å²) >= 11 is 5.96. The second-order valence-electron chi connectivity index (χ2n) is 9.96. The zero-order valence-corrected chi connectivity index (χ0v) is 21.9. The van der Waals surface area contributed by atoms with Gasteiger partial charge in [0.2, 0.25) is 11.8 Å². The summed E-state index contributed by atoms with van der Waals surface area (Å²) in [6.07, 6.45) is 5.61. The van der Waals surface area contributed by atoms with Gasteiger partial charge in [-0.2, -0.15) is 5.10 Å². The maximum absolute atomic E-state index is 13.7. The number of pyridine rings is 1. The number of primary amides is 1. The summed E-state index contributed by atoms with van der Waals surface area (Å²) < 4.78 is 1.41. The van der Waals surface area contributed by atoms with Gasteiger partial charge in [-0.3, -0.25) is 23.9 Å². The highest BCUT2D eigenvalue weighted by Crippen LogP contribution is 2.43. The normalized spacial score (nSPS) is 19.6. The topological polar surface area (TPSA) is 168 Å². The third kappa shape index (κ3) is 4.66. The number of likely N-dealkylation sites (tertiary alicyclic amines) is 1. The number of piperidine rings is 1. The van der Waals surface area contributed by atoms with Gasteiger partial charge in [-0.25, -0.2) is 4.98 Å². The lowest BCUT2D eigenvalue weighted by atomic mass is 9.97. The Labute approximate surface area is 232 Å². The van der Waals surface area contributed by atoms with Crippen LogP contribution >= 0.6 is 11.6 Å². The fraction of sp³-hybridized carbons (Fsp3) is 0.259. The summed E-state index contributed by atoms with van der Waals surface area (Å²) in [6, 6.07) is 10.8. The molecule has 1 aliphatic carbocycles. The second-order valence-corrected chi connectivity index (χ2v) is 10.4. The van der Waals surface area contributed by atoms with Crippen LogP contribution in [0.3, 0.4) is 0 Å². The molecule has 5 N–H and O–H groups in total. The Balaban J connectivity index is 1.25. The average Bonchev–Trinajstić information content (AvgIpc) is 3.72. The van der Waals surface area contributed by atoms with Crippen LogP contribution in [0.15, 0.2) is 54.9 Å². The van der Waals surface area contributed by atoms with E-state index < -0.39 is 11.9 Å². The molecular formula is C27H25ClN8O4. The Kier molecular flexibility index (Phi) is 6.46. The van der Waals surface area contributed by atoms with Crippen molar-refractivity contribution in [2.24, 2.45) is 11.7 Å². The van der Waals surface area contributed by atoms with Gasteiger partial charge in [0.15, 0.2) is 5.69 Å². The van der Waals surface area contributed by atoms with Crippen molar-refractivity contribution in [3.05, 3.63) is 71.3 Å². The molecule has 3 aromatic heterocycles. The molecule has 4 amide bonds. The number of nitrogens with zero attached hydrogens (tertiary/aromatic N) is 4. The molecule has 0 radical (unpaired) electrons. The highest BCUT2D eigenvalue weighted by Gasteiger charge is 2.51. The zero-order chi connectivity index (χ0) is 28.0. The molecule has 2 fully saturated rings. The fourth-order valence-corrected chi connectivity index (χ4v) is 5.96. The molecule has 6 rings (SSSR count). The molecular weight excluding hydrogens is 536 g/mol. The van der Waals surface area contributed by atoms with Crippen LogP contribution in [0.5, 0.6) is 0 Å². The number of nitrogens with two attached hydrogens (primary N) is 1. The molecule has 1 aliphatic heterocycles. The van der Waals surface area contributed by atoms with Crippen molar-refractivity contribution in [3.63, 3.8) is 0 Å². The Bertz CT molecular complexity index is 1650. The highest BCUT2D eigenvalue weighted by molar-refractivity contribution is 6.29. The minimum atomic E-state index is -0.767. The molecule has 1 saturated carbocycles. The van der Waals surface area contributed by atoms with E-state index in [1.165, 1.54) is 4.68 Å². The van der Waals surface area contributed by atoms with E-state index >= 15 is 0 Å². The number of rotatable bonds is 7. The van der Waals surface area contributed by atoms with E-state index in [2.05, 4.69) is 25.7 Å².